The Labute approximate surface area is 186 Å². The molecule has 0 saturated heterocycles. The van der Waals surface area contributed by atoms with E-state index in [1.807, 2.05) is 12.1 Å². The first kappa shape index (κ1) is 20.8. The van der Waals surface area contributed by atoms with Gasteiger partial charge in [0.1, 0.15) is 17.3 Å². The molecule has 0 aliphatic heterocycles. The number of nitrogens with zero attached hydrogens (tertiary/aromatic N) is 2. The van der Waals surface area contributed by atoms with Crippen LogP contribution in [-0.2, 0) is 11.2 Å². The molecule has 5 heteroatoms. The highest BCUT2D eigenvalue weighted by Crippen LogP contribution is 2.55. The van der Waals surface area contributed by atoms with Crippen molar-refractivity contribution in [3.63, 3.8) is 0 Å². The molecule has 3 aromatic rings. The number of aliphatic hydroxyl groups is 1. The summed E-state index contributed by atoms with van der Waals surface area (Å²) in [4.78, 5) is 21.1. The second-order valence-corrected chi connectivity index (χ2v) is 9.47. The molecule has 2 fully saturated rings. The van der Waals surface area contributed by atoms with Crippen molar-refractivity contribution in [2.24, 2.45) is 11.8 Å². The minimum absolute atomic E-state index is 0.0230. The number of rotatable bonds is 5. The number of carbonyl (C=O) groups excluding carboxylic acids is 1. The molecule has 4 nitrogen and oxygen atoms in total. The molecule has 1 aromatic carbocycles. The van der Waals surface area contributed by atoms with Gasteiger partial charge in [-0.2, -0.15) is 0 Å². The molecule has 0 radical (unpaired) electrons. The molecular formula is C27H25FN2O2. The van der Waals surface area contributed by atoms with Crippen molar-refractivity contribution < 1.29 is 14.3 Å². The van der Waals surface area contributed by atoms with Crippen LogP contribution in [0.3, 0.4) is 0 Å². The summed E-state index contributed by atoms with van der Waals surface area (Å²) >= 11 is 0. The Kier molecular flexibility index (Phi) is 5.27. The molecule has 5 rings (SSSR count). The summed E-state index contributed by atoms with van der Waals surface area (Å²) in [5.41, 5.74) is 2.38. The lowest BCUT2D eigenvalue weighted by Crippen LogP contribution is -2.30. The zero-order chi connectivity index (χ0) is 22.3. The third-order valence-corrected chi connectivity index (χ3v) is 7.20. The summed E-state index contributed by atoms with van der Waals surface area (Å²) in [6.45, 7) is 0. The fraction of sp³-hybridized carbons (Fsp3) is 0.370. The first-order chi connectivity index (χ1) is 15.4. The molecule has 0 spiro atoms. The minimum atomic E-state index is -0.935. The Morgan fingerprint density at radius 2 is 1.94 bits per heavy atom. The number of halogens is 1. The van der Waals surface area contributed by atoms with E-state index >= 15 is 0 Å². The second-order valence-electron chi connectivity index (χ2n) is 9.47. The lowest BCUT2D eigenvalue weighted by molar-refractivity contribution is -0.123. The van der Waals surface area contributed by atoms with Gasteiger partial charge in [0, 0.05) is 30.6 Å². The van der Waals surface area contributed by atoms with Gasteiger partial charge in [0.2, 0.25) is 0 Å². The summed E-state index contributed by atoms with van der Waals surface area (Å²) < 4.78 is 13.8. The fourth-order valence-corrected chi connectivity index (χ4v) is 5.94. The highest BCUT2D eigenvalue weighted by atomic mass is 19.1. The van der Waals surface area contributed by atoms with Crippen molar-refractivity contribution in [1.29, 1.82) is 0 Å². The molecule has 0 amide bonds. The number of carbonyl (C=O) groups is 1. The van der Waals surface area contributed by atoms with E-state index in [4.69, 9.17) is 6.42 Å². The normalized spacial score (nSPS) is 26.7. The highest BCUT2D eigenvalue weighted by Gasteiger charge is 2.49. The third kappa shape index (κ3) is 4.03. The van der Waals surface area contributed by atoms with Crippen molar-refractivity contribution in [1.82, 2.24) is 9.97 Å². The van der Waals surface area contributed by atoms with E-state index in [0.717, 1.165) is 34.9 Å². The Morgan fingerprint density at radius 1 is 1.16 bits per heavy atom. The standard InChI is InChI=1S/C27H25FN2O2/c1-2-22-5-3-17(16-30-22)9-23(31)15-27(32)13-19-10-18(11-20(19)14-27)24-7-8-29-26-6-4-21(28)12-25(24)26/h1,3-8,12,16,18-20,32H,9-11,13-15H2/t18?,19-,20+,27?. The number of aromatic nitrogens is 2. The second kappa shape index (κ2) is 8.11. The molecule has 2 unspecified atom stereocenters. The molecule has 2 saturated carbocycles. The number of terminal acetylenes is 1. The van der Waals surface area contributed by atoms with E-state index < -0.39 is 5.60 Å². The van der Waals surface area contributed by atoms with Crippen molar-refractivity contribution in [3.8, 4) is 12.3 Å². The first-order valence-electron chi connectivity index (χ1n) is 11.1. The van der Waals surface area contributed by atoms with Gasteiger partial charge < -0.3 is 5.11 Å². The van der Waals surface area contributed by atoms with Gasteiger partial charge in [-0.15, -0.1) is 6.42 Å². The monoisotopic (exact) mass is 428 g/mol. The predicted molar refractivity (Wildman–Crippen MR) is 120 cm³/mol. The fourth-order valence-electron chi connectivity index (χ4n) is 5.94. The maximum Gasteiger partial charge on any atom is 0.140 e. The van der Waals surface area contributed by atoms with Crippen LogP contribution in [0.2, 0.25) is 0 Å². The van der Waals surface area contributed by atoms with E-state index in [2.05, 4.69) is 15.9 Å². The van der Waals surface area contributed by atoms with Crippen molar-refractivity contribution >= 4 is 16.7 Å². The van der Waals surface area contributed by atoms with Crippen LogP contribution in [0.5, 0.6) is 0 Å². The van der Waals surface area contributed by atoms with Gasteiger partial charge >= 0.3 is 0 Å². The summed E-state index contributed by atoms with van der Waals surface area (Å²) in [7, 11) is 0. The molecule has 1 N–H and O–H groups in total. The van der Waals surface area contributed by atoms with Crippen molar-refractivity contribution in [3.05, 3.63) is 71.4 Å². The van der Waals surface area contributed by atoms with E-state index in [0.29, 0.717) is 36.3 Å². The molecule has 2 aliphatic rings. The SMILES string of the molecule is C#Cc1ccc(CC(=O)CC2(O)C[C@H]3CC(c4ccnc5ccc(F)cc45)C[C@H]3C2)cn1. The zero-order valence-corrected chi connectivity index (χ0v) is 17.8. The Hall–Kier alpha value is -3.10. The summed E-state index contributed by atoms with van der Waals surface area (Å²) in [6.07, 6.45) is 12.4. The molecule has 4 atom stereocenters. The van der Waals surface area contributed by atoms with Gasteiger partial charge in [-0.3, -0.25) is 9.78 Å². The maximum absolute atomic E-state index is 13.8. The molecule has 32 heavy (non-hydrogen) atoms. The Bertz CT molecular complexity index is 1200. The van der Waals surface area contributed by atoms with Gasteiger partial charge in [0.05, 0.1) is 11.1 Å². The van der Waals surface area contributed by atoms with Gasteiger partial charge in [-0.1, -0.05) is 12.0 Å². The zero-order valence-electron chi connectivity index (χ0n) is 17.8. The lowest BCUT2D eigenvalue weighted by Gasteiger charge is -2.24. The quantitative estimate of drug-likeness (QED) is 0.604. The molecule has 2 aliphatic carbocycles. The van der Waals surface area contributed by atoms with Crippen LogP contribution in [0.15, 0.2) is 48.8 Å². The average molecular weight is 429 g/mol. The van der Waals surface area contributed by atoms with E-state index in [1.165, 1.54) is 6.07 Å². The minimum Gasteiger partial charge on any atom is -0.389 e. The topological polar surface area (TPSA) is 63.1 Å². The largest absolute Gasteiger partial charge is 0.389 e. The predicted octanol–water partition coefficient (Wildman–Crippen LogP) is 4.59. The molecular weight excluding hydrogens is 403 g/mol. The van der Waals surface area contributed by atoms with E-state index in [9.17, 15) is 14.3 Å². The van der Waals surface area contributed by atoms with Crippen LogP contribution in [-0.4, -0.2) is 26.5 Å². The summed E-state index contributed by atoms with van der Waals surface area (Å²) in [5.74, 6) is 3.33. The van der Waals surface area contributed by atoms with Crippen LogP contribution >= 0.6 is 0 Å². The number of benzene rings is 1. The van der Waals surface area contributed by atoms with Crippen LogP contribution in [0.4, 0.5) is 4.39 Å². The van der Waals surface area contributed by atoms with Gasteiger partial charge in [-0.25, -0.2) is 9.37 Å². The van der Waals surface area contributed by atoms with Gasteiger partial charge in [0.15, 0.2) is 0 Å². The number of hydrogen-bond acceptors (Lipinski definition) is 4. The molecule has 0 bridgehead atoms. The Morgan fingerprint density at radius 3 is 2.62 bits per heavy atom. The Balaban J connectivity index is 1.24. The summed E-state index contributed by atoms with van der Waals surface area (Å²) in [5, 5.41) is 12.1. The number of pyridine rings is 2. The van der Waals surface area contributed by atoms with Crippen LogP contribution < -0.4 is 0 Å². The van der Waals surface area contributed by atoms with Gasteiger partial charge in [0.25, 0.3) is 0 Å². The number of hydrogen-bond donors (Lipinski definition) is 1. The molecule has 2 heterocycles. The summed E-state index contributed by atoms with van der Waals surface area (Å²) in [6, 6.07) is 10.3. The molecule has 162 valence electrons. The number of fused-ring (bicyclic) bond motifs is 2. The average Bonchev–Trinajstić information content (AvgIpc) is 3.28. The smallest absolute Gasteiger partial charge is 0.140 e. The van der Waals surface area contributed by atoms with Crippen LogP contribution in [0, 0.1) is 30.0 Å². The van der Waals surface area contributed by atoms with E-state index in [-0.39, 0.29) is 24.4 Å². The van der Waals surface area contributed by atoms with Gasteiger partial charge in [-0.05, 0) is 84.9 Å². The van der Waals surface area contributed by atoms with E-state index in [1.54, 1.807) is 30.6 Å². The number of Topliss-reactive ketones (excluding diaryl/α,β-unsaturated/α-hetero) is 1. The molecule has 2 aromatic heterocycles. The first-order valence-corrected chi connectivity index (χ1v) is 11.1. The lowest BCUT2D eigenvalue weighted by atomic mass is 9.86. The maximum atomic E-state index is 13.8. The number of ketones is 1. The van der Waals surface area contributed by atoms with Crippen LogP contribution in [0.25, 0.3) is 10.9 Å². The van der Waals surface area contributed by atoms with Crippen molar-refractivity contribution in [2.75, 3.05) is 0 Å². The highest BCUT2D eigenvalue weighted by molar-refractivity contribution is 5.83. The van der Waals surface area contributed by atoms with Crippen molar-refractivity contribution in [2.45, 2.75) is 50.0 Å². The van der Waals surface area contributed by atoms with Crippen LogP contribution in [0.1, 0.15) is 54.8 Å². The third-order valence-electron chi connectivity index (χ3n) is 7.20.